The minimum atomic E-state index is 0.248. The monoisotopic (exact) mass is 423 g/mol. The van der Waals surface area contributed by atoms with Crippen LogP contribution in [0.25, 0.3) is 0 Å². The first-order chi connectivity index (χ1) is 14.8. The van der Waals surface area contributed by atoms with Gasteiger partial charge in [0.05, 0.1) is 18.4 Å². The lowest BCUT2D eigenvalue weighted by Gasteiger charge is -2.61. The smallest absolute Gasteiger partial charge is 0.140 e. The summed E-state index contributed by atoms with van der Waals surface area (Å²) in [7, 11) is 2.00. The molecule has 2 unspecified atom stereocenters. The molecule has 10 atom stereocenters. The molecule has 1 aromatic heterocycles. The highest BCUT2D eigenvalue weighted by molar-refractivity contribution is 5.29. The van der Waals surface area contributed by atoms with Gasteiger partial charge in [0.15, 0.2) is 0 Å². The van der Waals surface area contributed by atoms with E-state index < -0.39 is 0 Å². The topological polar surface area (TPSA) is 31.4 Å². The van der Waals surface area contributed by atoms with Crippen LogP contribution in [0.3, 0.4) is 0 Å². The second-order valence-electron chi connectivity index (χ2n) is 12.4. The fourth-order valence-corrected chi connectivity index (χ4v) is 10.2. The molecule has 1 spiro atoms. The number of fused-ring (bicyclic) bond motifs is 4. The van der Waals surface area contributed by atoms with Gasteiger partial charge in [0.2, 0.25) is 0 Å². The molecule has 0 radical (unpaired) electrons. The van der Waals surface area contributed by atoms with E-state index in [1.54, 1.807) is 0 Å². The minimum absolute atomic E-state index is 0.248. The van der Waals surface area contributed by atoms with Crippen molar-refractivity contribution in [1.29, 1.82) is 0 Å². The first-order valence-corrected chi connectivity index (χ1v) is 12.9. The third kappa shape index (κ3) is 2.53. The van der Waals surface area contributed by atoms with E-state index in [1.807, 2.05) is 19.5 Å². The maximum Gasteiger partial charge on any atom is 0.140 e. The Hall–Kier alpha value is -1.09. The Balaban J connectivity index is 1.27. The number of ether oxygens (including phenoxy) is 2. The molecule has 0 bridgehead atoms. The maximum atomic E-state index is 6.55. The lowest BCUT2D eigenvalue weighted by atomic mass is 9.45. The molecule has 0 amide bonds. The van der Waals surface area contributed by atoms with Gasteiger partial charge >= 0.3 is 0 Å². The first kappa shape index (κ1) is 20.5. The number of hydrogen-bond donors (Lipinski definition) is 0. The van der Waals surface area contributed by atoms with Crippen molar-refractivity contribution in [3.05, 3.63) is 24.0 Å². The van der Waals surface area contributed by atoms with Crippen LogP contribution >= 0.6 is 0 Å². The lowest BCUT2D eigenvalue weighted by molar-refractivity contribution is -0.162. The molecule has 5 saturated carbocycles. The summed E-state index contributed by atoms with van der Waals surface area (Å²) < 4.78 is 12.8. The first-order valence-electron chi connectivity index (χ1n) is 12.9. The fraction of sp³-hybridized carbons (Fsp3) is 0.821. The maximum absolute atomic E-state index is 6.55. The molecule has 1 aromatic rings. The number of aryl methyl sites for hydroxylation is 1. The highest BCUT2D eigenvalue weighted by Crippen LogP contribution is 2.82. The number of nitrogens with zero attached hydrogens (tertiary/aromatic N) is 1. The van der Waals surface area contributed by atoms with Crippen molar-refractivity contribution < 1.29 is 9.47 Å². The SMILES string of the molecule is COC1C[C@H]2[C@@H]3CC[C@H]([C@H](C)Oc4cnccc4C)[C@@]3(C)CC[C@@H]2[C@@]2(C)CCC3C[C@]312. The van der Waals surface area contributed by atoms with E-state index in [0.29, 0.717) is 28.3 Å². The number of aromatic nitrogens is 1. The van der Waals surface area contributed by atoms with Crippen molar-refractivity contribution in [3.63, 3.8) is 0 Å². The van der Waals surface area contributed by atoms with Gasteiger partial charge in [-0.2, -0.15) is 0 Å². The average molecular weight is 424 g/mol. The van der Waals surface area contributed by atoms with E-state index in [9.17, 15) is 0 Å². The second-order valence-corrected chi connectivity index (χ2v) is 12.4. The Morgan fingerprint density at radius 2 is 1.94 bits per heavy atom. The average Bonchev–Trinajstić information content (AvgIpc) is 3.26. The van der Waals surface area contributed by atoms with Crippen LogP contribution in [0.4, 0.5) is 0 Å². The normalized spacial score (nSPS) is 50.7. The third-order valence-electron chi connectivity index (χ3n) is 11.8. The summed E-state index contributed by atoms with van der Waals surface area (Å²) in [6.45, 7) is 9.74. The fourth-order valence-electron chi connectivity index (χ4n) is 10.2. The molecule has 170 valence electrons. The third-order valence-corrected chi connectivity index (χ3v) is 11.8. The van der Waals surface area contributed by atoms with Crippen LogP contribution in [0.5, 0.6) is 5.75 Å². The molecule has 0 N–H and O–H groups in total. The Morgan fingerprint density at radius 1 is 1.10 bits per heavy atom. The highest BCUT2D eigenvalue weighted by Gasteiger charge is 2.77. The van der Waals surface area contributed by atoms with E-state index in [-0.39, 0.29) is 6.10 Å². The summed E-state index contributed by atoms with van der Waals surface area (Å²) in [4.78, 5) is 4.31. The molecule has 3 nitrogen and oxygen atoms in total. The molecular formula is C28H41NO2. The molecule has 3 heteroatoms. The molecule has 5 aliphatic rings. The number of pyridine rings is 1. The Labute approximate surface area is 188 Å². The van der Waals surface area contributed by atoms with Gasteiger partial charge in [-0.05, 0) is 111 Å². The van der Waals surface area contributed by atoms with E-state index >= 15 is 0 Å². The van der Waals surface area contributed by atoms with Crippen LogP contribution in [-0.2, 0) is 4.74 Å². The quantitative estimate of drug-likeness (QED) is 0.558. The minimum Gasteiger partial charge on any atom is -0.489 e. The zero-order chi connectivity index (χ0) is 21.6. The summed E-state index contributed by atoms with van der Waals surface area (Å²) in [5, 5.41) is 0. The van der Waals surface area contributed by atoms with Gasteiger partial charge in [0.25, 0.3) is 0 Å². The van der Waals surface area contributed by atoms with Crippen LogP contribution in [0.1, 0.15) is 77.7 Å². The largest absolute Gasteiger partial charge is 0.489 e. The zero-order valence-corrected chi connectivity index (χ0v) is 20.2. The molecule has 1 heterocycles. The van der Waals surface area contributed by atoms with E-state index in [2.05, 4.69) is 38.7 Å². The predicted octanol–water partition coefficient (Wildman–Crippen LogP) is 6.44. The molecule has 6 rings (SSSR count). The molecule has 0 aliphatic heterocycles. The van der Waals surface area contributed by atoms with Gasteiger partial charge in [-0.25, -0.2) is 0 Å². The molecular weight excluding hydrogens is 382 g/mol. The van der Waals surface area contributed by atoms with Crippen molar-refractivity contribution >= 4 is 0 Å². The summed E-state index contributed by atoms with van der Waals surface area (Å²) in [5.41, 5.74) is 2.65. The number of methoxy groups -OCH3 is 1. The van der Waals surface area contributed by atoms with Gasteiger partial charge in [-0.15, -0.1) is 0 Å². The Kier molecular flexibility index (Phi) is 4.44. The van der Waals surface area contributed by atoms with E-state index in [4.69, 9.17) is 9.47 Å². The van der Waals surface area contributed by atoms with Crippen molar-refractivity contribution in [2.75, 3.05) is 7.11 Å². The Bertz CT molecular complexity index is 870. The molecule has 0 aromatic carbocycles. The number of rotatable bonds is 4. The van der Waals surface area contributed by atoms with Crippen molar-refractivity contribution in [3.8, 4) is 5.75 Å². The van der Waals surface area contributed by atoms with Crippen molar-refractivity contribution in [2.24, 2.45) is 45.8 Å². The van der Waals surface area contributed by atoms with Crippen molar-refractivity contribution in [2.45, 2.75) is 91.3 Å². The molecule has 5 aliphatic carbocycles. The predicted molar refractivity (Wildman–Crippen MR) is 123 cm³/mol. The second kappa shape index (κ2) is 6.72. The van der Waals surface area contributed by atoms with Crippen LogP contribution in [-0.4, -0.2) is 24.3 Å². The standard InChI is InChI=1S/C28H41NO2/c1-17-10-13-29-16-24(17)31-18(2)21-6-7-22-20-14-25(30-5)28-15-19(28)8-12-27(28,4)23(20)9-11-26(21,22)3/h10,13,16,18-23,25H,6-9,11-12,14-15H2,1-5H3/t18-,19?,20-,21+,22-,23-,25?,26+,27+,28-/m0/s1. The van der Waals surface area contributed by atoms with Gasteiger partial charge in [0, 0.05) is 24.6 Å². The summed E-state index contributed by atoms with van der Waals surface area (Å²) in [5.74, 6) is 5.16. The molecule has 5 fully saturated rings. The molecule has 0 saturated heterocycles. The van der Waals surface area contributed by atoms with E-state index in [0.717, 1.165) is 29.4 Å². The van der Waals surface area contributed by atoms with Crippen LogP contribution in [0.2, 0.25) is 0 Å². The highest BCUT2D eigenvalue weighted by atomic mass is 16.5. The van der Waals surface area contributed by atoms with Gasteiger partial charge in [0.1, 0.15) is 5.75 Å². The van der Waals surface area contributed by atoms with Crippen molar-refractivity contribution in [1.82, 2.24) is 4.98 Å². The number of hydrogen-bond acceptors (Lipinski definition) is 3. The van der Waals surface area contributed by atoms with Gasteiger partial charge < -0.3 is 9.47 Å². The zero-order valence-electron chi connectivity index (χ0n) is 20.2. The summed E-state index contributed by atoms with van der Waals surface area (Å²) >= 11 is 0. The van der Waals surface area contributed by atoms with Gasteiger partial charge in [-0.3, -0.25) is 4.98 Å². The van der Waals surface area contributed by atoms with E-state index in [1.165, 1.54) is 56.9 Å². The van der Waals surface area contributed by atoms with Crippen LogP contribution < -0.4 is 4.74 Å². The van der Waals surface area contributed by atoms with Gasteiger partial charge in [-0.1, -0.05) is 13.8 Å². The lowest BCUT2D eigenvalue weighted by Crippen LogP contribution is -2.57. The Morgan fingerprint density at radius 3 is 2.68 bits per heavy atom. The summed E-state index contributed by atoms with van der Waals surface area (Å²) in [6, 6.07) is 2.06. The summed E-state index contributed by atoms with van der Waals surface area (Å²) in [6.07, 6.45) is 15.7. The van der Waals surface area contributed by atoms with Crippen LogP contribution in [0.15, 0.2) is 18.5 Å². The molecule has 31 heavy (non-hydrogen) atoms. The van der Waals surface area contributed by atoms with Crippen LogP contribution in [0, 0.1) is 52.8 Å².